The quantitative estimate of drug-likeness (QED) is 0.209. The number of hydrogen-bond acceptors (Lipinski definition) is 6. The molecule has 0 fully saturated rings. The second-order valence-corrected chi connectivity index (χ2v) is 21.3. The Kier molecular flexibility index (Phi) is 11.7. The lowest BCUT2D eigenvalue weighted by molar-refractivity contribution is 0.246. The van der Waals surface area contributed by atoms with Crippen LogP contribution in [0.1, 0.15) is 25.7 Å². The molecule has 0 aromatic rings. The average molecular weight is 501 g/mol. The zero-order chi connectivity index (χ0) is 21.6. The summed E-state index contributed by atoms with van der Waals surface area (Å²) < 4.78 is 21.7. The molecule has 0 aromatic carbocycles. The maximum absolute atomic E-state index is 10.4. The molecule has 4 N–H and O–H groups in total. The van der Waals surface area contributed by atoms with Gasteiger partial charge >= 0.3 is 17.1 Å². The SMILES string of the molecule is CO[Si](C)(CCCC(CCC[Si](C)(OC)OC)(P(O)(O)=S)P(O)(O)=S)OC. The van der Waals surface area contributed by atoms with E-state index in [2.05, 4.69) is 0 Å². The maximum atomic E-state index is 10.4. The molecule has 0 radical (unpaired) electrons. The summed E-state index contributed by atoms with van der Waals surface area (Å²) in [5.41, 5.74) is 0. The fourth-order valence-electron chi connectivity index (χ4n) is 2.84. The van der Waals surface area contributed by atoms with E-state index >= 15 is 0 Å². The summed E-state index contributed by atoms with van der Waals surface area (Å²) in [5, 5.41) is 0. The van der Waals surface area contributed by atoms with Crippen LogP contribution in [-0.2, 0) is 41.3 Å². The van der Waals surface area contributed by atoms with Gasteiger partial charge in [-0.15, -0.1) is 0 Å². The normalized spacial score (nSPS) is 14.6. The molecule has 0 atom stereocenters. The summed E-state index contributed by atoms with van der Waals surface area (Å²) in [6.45, 7) is -4.40. The van der Waals surface area contributed by atoms with E-state index in [4.69, 9.17) is 41.3 Å². The van der Waals surface area contributed by atoms with E-state index in [0.29, 0.717) is 24.9 Å². The molecule has 0 aliphatic rings. The zero-order valence-corrected chi connectivity index (χ0v) is 22.3. The summed E-state index contributed by atoms with van der Waals surface area (Å²) >= 11 is 9.91. The third-order valence-corrected chi connectivity index (χ3v) is 18.9. The van der Waals surface area contributed by atoms with E-state index < -0.39 is 35.0 Å². The topological polar surface area (TPSA) is 118 Å². The lowest BCUT2D eigenvalue weighted by Crippen LogP contribution is -2.38. The Hall–Kier alpha value is 1.41. The summed E-state index contributed by atoms with van der Waals surface area (Å²) in [6, 6.07) is 1.07. The van der Waals surface area contributed by atoms with Crippen LogP contribution in [0.25, 0.3) is 0 Å². The minimum Gasteiger partial charge on any atom is -0.398 e. The van der Waals surface area contributed by atoms with Crippen molar-refractivity contribution in [3.8, 4) is 0 Å². The number of rotatable bonds is 14. The number of hydrogen-bond donors (Lipinski definition) is 4. The van der Waals surface area contributed by atoms with Gasteiger partial charge in [0, 0.05) is 28.4 Å². The van der Waals surface area contributed by atoms with Gasteiger partial charge in [-0.1, -0.05) is 0 Å². The van der Waals surface area contributed by atoms with Crippen LogP contribution >= 0.6 is 13.0 Å². The molecule has 0 saturated carbocycles. The molecule has 0 heterocycles. The zero-order valence-electron chi connectivity index (χ0n) is 16.9. The van der Waals surface area contributed by atoms with E-state index in [0.717, 1.165) is 0 Å². The van der Waals surface area contributed by atoms with Crippen molar-refractivity contribution in [2.24, 2.45) is 0 Å². The first-order chi connectivity index (χ1) is 12.2. The van der Waals surface area contributed by atoms with Crippen molar-refractivity contribution in [1.29, 1.82) is 0 Å². The smallest absolute Gasteiger partial charge is 0.334 e. The minimum atomic E-state index is -4.08. The predicted octanol–water partition coefficient (Wildman–Crippen LogP) is 2.56. The Morgan fingerprint density at radius 2 is 0.963 bits per heavy atom. The van der Waals surface area contributed by atoms with E-state index in [1.807, 2.05) is 13.1 Å². The Labute approximate surface area is 175 Å². The largest absolute Gasteiger partial charge is 0.398 e. The molecular weight excluding hydrogens is 466 g/mol. The van der Waals surface area contributed by atoms with Crippen molar-refractivity contribution < 1.29 is 37.3 Å². The van der Waals surface area contributed by atoms with E-state index in [1.165, 1.54) is 0 Å². The Bertz CT molecular complexity index is 500. The van der Waals surface area contributed by atoms with Crippen molar-refractivity contribution in [2.75, 3.05) is 28.4 Å². The molecule has 0 aliphatic carbocycles. The summed E-state index contributed by atoms with van der Waals surface area (Å²) in [6.07, 6.45) is 1.00. The molecule has 0 unspecified atom stereocenters. The van der Waals surface area contributed by atoms with Gasteiger partial charge in [-0.3, -0.25) is 0 Å². The van der Waals surface area contributed by atoms with Crippen LogP contribution in [0.3, 0.4) is 0 Å². The van der Waals surface area contributed by atoms with E-state index in [9.17, 15) is 19.6 Å². The van der Waals surface area contributed by atoms with Gasteiger partial charge < -0.3 is 37.3 Å². The standard InChI is InChI=1S/C13H34O8P2S2Si2/c1-18-26(5,19-2)11-7-9-13(22(14,15)24,23(16,17)25)10-8-12-27(6,20-3)21-4/h7-12H2,1-6H3,(H2,14,15,24)(H2,16,17,25). The Morgan fingerprint density at radius 1 is 0.704 bits per heavy atom. The van der Waals surface area contributed by atoms with Gasteiger partial charge in [-0.2, -0.15) is 0 Å². The fourth-order valence-corrected chi connectivity index (χ4v) is 12.4. The highest BCUT2D eigenvalue weighted by Crippen LogP contribution is 2.73. The van der Waals surface area contributed by atoms with Gasteiger partial charge in [0.2, 0.25) is 0 Å². The van der Waals surface area contributed by atoms with Gasteiger partial charge in [0.25, 0.3) is 0 Å². The fraction of sp³-hybridized carbons (Fsp3) is 1.00. The summed E-state index contributed by atoms with van der Waals surface area (Å²) in [4.78, 5) is 39.8. The first-order valence-electron chi connectivity index (χ1n) is 8.48. The van der Waals surface area contributed by atoms with Crippen molar-refractivity contribution >= 4 is 53.7 Å². The van der Waals surface area contributed by atoms with E-state index in [1.54, 1.807) is 28.4 Å². The van der Waals surface area contributed by atoms with Gasteiger partial charge in [0.1, 0.15) is 4.90 Å². The first kappa shape index (κ1) is 28.4. The third-order valence-electron chi connectivity index (χ3n) is 5.23. The van der Waals surface area contributed by atoms with E-state index in [-0.39, 0.29) is 12.8 Å². The second-order valence-electron chi connectivity index (χ2n) is 6.86. The van der Waals surface area contributed by atoms with Crippen LogP contribution in [-0.4, -0.2) is 70.0 Å². The highest BCUT2D eigenvalue weighted by atomic mass is 32.5. The highest BCUT2D eigenvalue weighted by molar-refractivity contribution is 8.19. The van der Waals surface area contributed by atoms with Crippen molar-refractivity contribution in [1.82, 2.24) is 0 Å². The van der Waals surface area contributed by atoms with Gasteiger partial charge in [-0.25, -0.2) is 0 Å². The first-order valence-corrected chi connectivity index (χ1v) is 18.9. The molecule has 14 heteroatoms. The molecule has 8 nitrogen and oxygen atoms in total. The Morgan fingerprint density at radius 3 is 1.15 bits per heavy atom. The lowest BCUT2D eigenvalue weighted by atomic mass is 10.1. The van der Waals surface area contributed by atoms with Gasteiger partial charge in [0.05, 0.1) is 0 Å². The Balaban J connectivity index is 5.52. The molecule has 27 heavy (non-hydrogen) atoms. The van der Waals surface area contributed by atoms with Crippen LogP contribution < -0.4 is 0 Å². The monoisotopic (exact) mass is 500 g/mol. The average Bonchev–Trinajstić information content (AvgIpc) is 2.57. The van der Waals surface area contributed by atoms with Crippen LogP contribution in [0.5, 0.6) is 0 Å². The van der Waals surface area contributed by atoms with Crippen LogP contribution in [0.15, 0.2) is 0 Å². The molecule has 0 spiro atoms. The molecule has 0 saturated heterocycles. The molecule has 164 valence electrons. The van der Waals surface area contributed by atoms with Gasteiger partial charge in [0.15, 0.2) is 13.0 Å². The molecule has 0 aliphatic heterocycles. The highest BCUT2D eigenvalue weighted by Gasteiger charge is 2.53. The van der Waals surface area contributed by atoms with Crippen LogP contribution in [0.4, 0.5) is 0 Å². The van der Waals surface area contributed by atoms with Crippen LogP contribution in [0, 0.1) is 0 Å². The summed E-state index contributed by atoms with van der Waals surface area (Å²) in [7, 11) is 1.48. The predicted molar refractivity (Wildman–Crippen MR) is 120 cm³/mol. The third kappa shape index (κ3) is 7.88. The minimum absolute atomic E-state index is 0.0785. The summed E-state index contributed by atoms with van der Waals surface area (Å²) in [5.74, 6) is 0. The molecule has 0 bridgehead atoms. The van der Waals surface area contributed by atoms with Crippen molar-refractivity contribution in [3.63, 3.8) is 0 Å². The maximum Gasteiger partial charge on any atom is 0.334 e. The van der Waals surface area contributed by atoms with Crippen LogP contribution in [0.2, 0.25) is 25.2 Å². The second kappa shape index (κ2) is 11.2. The molecular formula is C13H34O8P2S2Si2. The lowest BCUT2D eigenvalue weighted by Gasteiger charge is -2.41. The van der Waals surface area contributed by atoms with Gasteiger partial charge in [-0.05, 0) is 74.5 Å². The van der Waals surface area contributed by atoms with Crippen molar-refractivity contribution in [2.45, 2.75) is 55.8 Å². The molecule has 0 aromatic heterocycles. The molecule has 0 rings (SSSR count). The molecule has 0 amide bonds. The van der Waals surface area contributed by atoms with Crippen molar-refractivity contribution in [3.05, 3.63) is 0 Å².